The van der Waals surface area contributed by atoms with Crippen LogP contribution < -0.4 is 10.6 Å². The van der Waals surface area contributed by atoms with Crippen molar-refractivity contribution in [2.75, 3.05) is 39.3 Å². The Bertz CT molecular complexity index is 1060. The Morgan fingerprint density at radius 2 is 1.80 bits per heavy atom. The zero-order chi connectivity index (χ0) is 25.2. The van der Waals surface area contributed by atoms with Gasteiger partial charge in [0.1, 0.15) is 5.78 Å². The average Bonchev–Trinajstić information content (AvgIpc) is 2.87. The van der Waals surface area contributed by atoms with Gasteiger partial charge in [-0.15, -0.1) is 6.42 Å². The third-order valence-electron chi connectivity index (χ3n) is 6.77. The number of terminal acetylenes is 1. The first-order valence-corrected chi connectivity index (χ1v) is 12.3. The number of hydrogen-bond donors (Lipinski definition) is 2. The van der Waals surface area contributed by atoms with Gasteiger partial charge < -0.3 is 10.6 Å². The molecule has 186 valence electrons. The highest BCUT2D eigenvalue weighted by Crippen LogP contribution is 2.30. The number of nitrogens with zero attached hydrogens (tertiary/aromatic N) is 2. The summed E-state index contributed by atoms with van der Waals surface area (Å²) in [5.41, 5.74) is 1.33. The zero-order valence-corrected chi connectivity index (χ0v) is 20.8. The second kappa shape index (κ2) is 13.0. The maximum Gasteiger partial charge on any atom is 0.240 e. The molecule has 0 aromatic heterocycles. The van der Waals surface area contributed by atoms with E-state index in [0.717, 1.165) is 25.9 Å². The minimum atomic E-state index is -0.317. The number of rotatable bonds is 11. The Hall–Kier alpha value is -3.21. The normalized spacial score (nSPS) is 15.5. The van der Waals surface area contributed by atoms with E-state index in [1.807, 2.05) is 0 Å². The predicted octanol–water partition coefficient (Wildman–Crippen LogP) is 2.51. The standard InChI is InChI=1S/C28H36N4O3/c1-4-15-29-27(34)19-30-28(35)20-32(16-12-21(2)33)24-13-17-31(18-14-24)22(3)25-11-7-9-23-8-5-6-10-26(23)25/h1,5-11,22,24H,12-20H2,2-3H3,(H,29,34)(H,30,35). The molecule has 1 saturated heterocycles. The van der Waals surface area contributed by atoms with Gasteiger partial charge >= 0.3 is 0 Å². The van der Waals surface area contributed by atoms with Crippen molar-refractivity contribution in [3.05, 3.63) is 48.0 Å². The van der Waals surface area contributed by atoms with E-state index in [-0.39, 0.29) is 49.3 Å². The third kappa shape index (κ3) is 7.64. The fraction of sp³-hybridized carbons (Fsp3) is 0.464. The lowest BCUT2D eigenvalue weighted by Crippen LogP contribution is -2.50. The number of ketones is 1. The van der Waals surface area contributed by atoms with Gasteiger partial charge in [0.15, 0.2) is 0 Å². The van der Waals surface area contributed by atoms with Crippen LogP contribution in [0.5, 0.6) is 0 Å². The second-order valence-corrected chi connectivity index (χ2v) is 9.19. The smallest absolute Gasteiger partial charge is 0.240 e. The lowest BCUT2D eigenvalue weighted by molar-refractivity contribution is -0.127. The Kier molecular flexibility index (Phi) is 9.83. The SMILES string of the molecule is C#CCNC(=O)CNC(=O)CN(CCC(C)=O)C1CCN(C(C)c2cccc3ccccc23)CC1. The Morgan fingerprint density at radius 3 is 2.51 bits per heavy atom. The highest BCUT2D eigenvalue weighted by atomic mass is 16.2. The van der Waals surface area contributed by atoms with Crippen LogP contribution in [0.15, 0.2) is 42.5 Å². The van der Waals surface area contributed by atoms with E-state index in [0.29, 0.717) is 13.0 Å². The Balaban J connectivity index is 1.58. The summed E-state index contributed by atoms with van der Waals surface area (Å²) in [6, 6.07) is 15.5. The topological polar surface area (TPSA) is 81.8 Å². The van der Waals surface area contributed by atoms with Crippen molar-refractivity contribution < 1.29 is 14.4 Å². The molecule has 0 radical (unpaired) electrons. The second-order valence-electron chi connectivity index (χ2n) is 9.19. The van der Waals surface area contributed by atoms with Gasteiger partial charge in [0.05, 0.1) is 19.6 Å². The molecule has 0 bridgehead atoms. The van der Waals surface area contributed by atoms with Gasteiger partial charge in [0, 0.05) is 38.1 Å². The summed E-state index contributed by atoms with van der Waals surface area (Å²) >= 11 is 0. The van der Waals surface area contributed by atoms with E-state index in [4.69, 9.17) is 6.42 Å². The van der Waals surface area contributed by atoms with Crippen LogP contribution in [0.25, 0.3) is 10.8 Å². The molecule has 7 heteroatoms. The van der Waals surface area contributed by atoms with Crippen molar-refractivity contribution in [1.82, 2.24) is 20.4 Å². The monoisotopic (exact) mass is 476 g/mol. The lowest BCUT2D eigenvalue weighted by Gasteiger charge is -2.40. The number of amides is 2. The number of carbonyl (C=O) groups is 3. The minimum absolute atomic E-state index is 0.103. The van der Waals surface area contributed by atoms with Crippen molar-refractivity contribution in [2.45, 2.75) is 45.2 Å². The van der Waals surface area contributed by atoms with Crippen LogP contribution >= 0.6 is 0 Å². The molecule has 2 amide bonds. The van der Waals surface area contributed by atoms with Gasteiger partial charge in [0.2, 0.25) is 11.8 Å². The zero-order valence-electron chi connectivity index (χ0n) is 20.8. The lowest BCUT2D eigenvalue weighted by atomic mass is 9.95. The predicted molar refractivity (Wildman–Crippen MR) is 139 cm³/mol. The summed E-state index contributed by atoms with van der Waals surface area (Å²) in [7, 11) is 0. The summed E-state index contributed by atoms with van der Waals surface area (Å²) in [5, 5.41) is 7.73. The summed E-state index contributed by atoms with van der Waals surface area (Å²) in [5.74, 6) is 1.89. The minimum Gasteiger partial charge on any atom is -0.346 e. The molecule has 1 aliphatic rings. The van der Waals surface area contributed by atoms with E-state index < -0.39 is 0 Å². The number of fused-ring (bicyclic) bond motifs is 1. The summed E-state index contributed by atoms with van der Waals surface area (Å²) in [6.07, 6.45) is 7.38. The third-order valence-corrected chi connectivity index (χ3v) is 6.77. The van der Waals surface area contributed by atoms with Gasteiger partial charge in [-0.2, -0.15) is 0 Å². The van der Waals surface area contributed by atoms with Crippen molar-refractivity contribution in [3.63, 3.8) is 0 Å². The van der Waals surface area contributed by atoms with Gasteiger partial charge in [-0.1, -0.05) is 48.4 Å². The first kappa shape index (κ1) is 26.4. The molecule has 35 heavy (non-hydrogen) atoms. The van der Waals surface area contributed by atoms with Gasteiger partial charge in [-0.3, -0.25) is 24.2 Å². The van der Waals surface area contributed by atoms with Crippen LogP contribution in [0, 0.1) is 12.3 Å². The summed E-state index contributed by atoms with van der Waals surface area (Å²) < 4.78 is 0. The highest BCUT2D eigenvalue weighted by molar-refractivity contribution is 5.86. The largest absolute Gasteiger partial charge is 0.346 e. The Morgan fingerprint density at radius 1 is 1.09 bits per heavy atom. The van der Waals surface area contributed by atoms with E-state index >= 15 is 0 Å². The van der Waals surface area contributed by atoms with Crippen LogP contribution in [0.2, 0.25) is 0 Å². The number of likely N-dealkylation sites (tertiary alicyclic amines) is 1. The maximum atomic E-state index is 12.5. The quantitative estimate of drug-likeness (QED) is 0.487. The van der Waals surface area contributed by atoms with Crippen molar-refractivity contribution in [2.24, 2.45) is 0 Å². The number of Topliss-reactive ketones (excluding diaryl/α,β-unsaturated/α-hetero) is 1. The molecule has 2 aromatic rings. The fourth-order valence-electron chi connectivity index (χ4n) is 4.77. The average molecular weight is 477 g/mol. The van der Waals surface area contributed by atoms with Gasteiger partial charge in [-0.05, 0) is 43.0 Å². The van der Waals surface area contributed by atoms with E-state index in [1.165, 1.54) is 16.3 Å². The van der Waals surface area contributed by atoms with Crippen molar-refractivity contribution >= 4 is 28.4 Å². The fourth-order valence-corrected chi connectivity index (χ4v) is 4.77. The summed E-state index contributed by atoms with van der Waals surface area (Å²) in [4.78, 5) is 40.5. The number of carbonyl (C=O) groups excluding carboxylic acids is 3. The molecule has 0 saturated carbocycles. The van der Waals surface area contributed by atoms with Gasteiger partial charge in [0.25, 0.3) is 0 Å². The molecule has 2 aromatic carbocycles. The molecule has 1 heterocycles. The molecule has 1 aliphatic heterocycles. The Labute approximate surface area is 208 Å². The van der Waals surface area contributed by atoms with Crippen LogP contribution in [0.3, 0.4) is 0 Å². The molecule has 1 unspecified atom stereocenters. The molecule has 0 spiro atoms. The molecular weight excluding hydrogens is 440 g/mol. The highest BCUT2D eigenvalue weighted by Gasteiger charge is 2.29. The number of nitrogens with one attached hydrogen (secondary N) is 2. The van der Waals surface area contributed by atoms with E-state index in [9.17, 15) is 14.4 Å². The van der Waals surface area contributed by atoms with Crippen LogP contribution in [-0.4, -0.2) is 72.7 Å². The van der Waals surface area contributed by atoms with Crippen LogP contribution in [0.4, 0.5) is 0 Å². The molecule has 1 fully saturated rings. The van der Waals surface area contributed by atoms with Crippen molar-refractivity contribution in [1.29, 1.82) is 0 Å². The van der Waals surface area contributed by atoms with Crippen molar-refractivity contribution in [3.8, 4) is 12.3 Å². The first-order chi connectivity index (χ1) is 16.9. The van der Waals surface area contributed by atoms with E-state index in [1.54, 1.807) is 6.92 Å². The number of piperidine rings is 1. The van der Waals surface area contributed by atoms with E-state index in [2.05, 4.69) is 75.7 Å². The van der Waals surface area contributed by atoms with Crippen LogP contribution in [0.1, 0.15) is 44.7 Å². The molecule has 7 nitrogen and oxygen atoms in total. The number of benzene rings is 2. The maximum absolute atomic E-state index is 12.5. The first-order valence-electron chi connectivity index (χ1n) is 12.3. The van der Waals surface area contributed by atoms with Crippen LogP contribution in [-0.2, 0) is 14.4 Å². The molecular formula is C28H36N4O3. The molecule has 0 aliphatic carbocycles. The molecule has 3 rings (SSSR count). The molecule has 2 N–H and O–H groups in total. The van der Waals surface area contributed by atoms with Gasteiger partial charge in [-0.25, -0.2) is 0 Å². The number of hydrogen-bond acceptors (Lipinski definition) is 5. The summed E-state index contributed by atoms with van der Waals surface area (Å²) in [6.45, 7) is 6.40. The molecule has 1 atom stereocenters.